The molecule has 0 atom stereocenters. The van der Waals surface area contributed by atoms with Crippen molar-refractivity contribution in [3.8, 4) is 0 Å². The zero-order valence-corrected chi connectivity index (χ0v) is 13.5. The van der Waals surface area contributed by atoms with Crippen molar-refractivity contribution in [3.05, 3.63) is 0 Å². The molecule has 6 nitrogen and oxygen atoms in total. The minimum Gasteiger partial charge on any atom is -0.379 e. The molecule has 0 aliphatic heterocycles. The monoisotopic (exact) mass is 307 g/mol. The lowest BCUT2D eigenvalue weighted by molar-refractivity contribution is 0.111. The maximum atomic E-state index is 11.7. The predicted octanol–water partition coefficient (Wildman–Crippen LogP) is 0.711. The number of hydrogen-bond acceptors (Lipinski definition) is 4. The van der Waals surface area contributed by atoms with Gasteiger partial charge in [-0.3, -0.25) is 0 Å². The summed E-state index contributed by atoms with van der Waals surface area (Å²) >= 11 is 0. The quantitative estimate of drug-likeness (QED) is 0.552. The molecule has 0 heterocycles. The lowest BCUT2D eigenvalue weighted by atomic mass is 10.3. The van der Waals surface area contributed by atoms with Crippen molar-refractivity contribution in [3.63, 3.8) is 0 Å². The highest BCUT2D eigenvalue weighted by Gasteiger charge is 2.20. The fourth-order valence-electron chi connectivity index (χ4n) is 2.39. The van der Waals surface area contributed by atoms with Gasteiger partial charge in [0.05, 0.1) is 13.2 Å². The van der Waals surface area contributed by atoms with Crippen LogP contribution in [0.25, 0.3) is 0 Å². The summed E-state index contributed by atoms with van der Waals surface area (Å²) in [7, 11) is -3.37. The summed E-state index contributed by atoms with van der Waals surface area (Å²) in [5.74, 6) is 0. The van der Waals surface area contributed by atoms with Gasteiger partial charge in [0, 0.05) is 19.1 Å². The van der Waals surface area contributed by atoms with Gasteiger partial charge >= 0.3 is 0 Å². The lowest BCUT2D eigenvalue weighted by Gasteiger charge is -2.17. The van der Waals surface area contributed by atoms with Crippen molar-refractivity contribution in [1.29, 1.82) is 0 Å². The summed E-state index contributed by atoms with van der Waals surface area (Å²) in [5.41, 5.74) is 0. The van der Waals surface area contributed by atoms with E-state index < -0.39 is 10.2 Å². The van der Waals surface area contributed by atoms with E-state index in [1.807, 2.05) is 0 Å². The highest BCUT2D eigenvalue weighted by Crippen LogP contribution is 2.17. The van der Waals surface area contributed by atoms with E-state index in [1.165, 1.54) is 0 Å². The van der Waals surface area contributed by atoms with Crippen LogP contribution >= 0.6 is 0 Å². The van der Waals surface area contributed by atoms with Gasteiger partial charge in [0.25, 0.3) is 10.2 Å². The highest BCUT2D eigenvalue weighted by molar-refractivity contribution is 7.87. The molecule has 120 valence electrons. The van der Waals surface area contributed by atoms with E-state index >= 15 is 0 Å². The molecule has 2 N–H and O–H groups in total. The number of likely N-dealkylation sites (N-methyl/N-ethyl adjacent to an activating group) is 1. The van der Waals surface area contributed by atoms with E-state index in [1.54, 1.807) is 0 Å². The zero-order valence-electron chi connectivity index (χ0n) is 12.7. The Hall–Kier alpha value is -0.210. The third kappa shape index (κ3) is 7.54. The van der Waals surface area contributed by atoms with Gasteiger partial charge in [-0.15, -0.1) is 0 Å². The van der Waals surface area contributed by atoms with E-state index in [9.17, 15) is 8.42 Å². The second kappa shape index (κ2) is 9.68. The van der Waals surface area contributed by atoms with Crippen LogP contribution in [0.15, 0.2) is 0 Å². The number of ether oxygens (including phenoxy) is 1. The Morgan fingerprint density at radius 1 is 1.15 bits per heavy atom. The first kappa shape index (κ1) is 17.8. The van der Waals surface area contributed by atoms with Crippen molar-refractivity contribution < 1.29 is 13.2 Å². The Balaban J connectivity index is 2.04. The molecule has 1 aliphatic rings. The molecule has 7 heteroatoms. The van der Waals surface area contributed by atoms with Crippen molar-refractivity contribution in [1.82, 2.24) is 14.3 Å². The molecule has 0 amide bonds. The summed E-state index contributed by atoms with van der Waals surface area (Å²) in [4.78, 5) is 2.27. The number of hydrogen-bond donors (Lipinski definition) is 2. The molecule has 1 aliphatic carbocycles. The Kier molecular flexibility index (Phi) is 8.63. The van der Waals surface area contributed by atoms with Crippen LogP contribution in [0.4, 0.5) is 0 Å². The summed E-state index contributed by atoms with van der Waals surface area (Å²) in [5, 5.41) is 0. The van der Waals surface area contributed by atoms with Gasteiger partial charge in [-0.1, -0.05) is 26.7 Å². The Morgan fingerprint density at radius 2 is 1.80 bits per heavy atom. The molecule has 0 saturated heterocycles. The van der Waals surface area contributed by atoms with Crippen molar-refractivity contribution >= 4 is 10.2 Å². The maximum Gasteiger partial charge on any atom is 0.277 e. The van der Waals surface area contributed by atoms with Gasteiger partial charge in [-0.05, 0) is 25.9 Å². The van der Waals surface area contributed by atoms with Crippen LogP contribution in [0.5, 0.6) is 0 Å². The molecule has 0 unspecified atom stereocenters. The first-order chi connectivity index (χ1) is 9.57. The average Bonchev–Trinajstić information content (AvgIpc) is 2.90. The zero-order chi connectivity index (χ0) is 14.8. The fourth-order valence-corrected chi connectivity index (χ4v) is 3.50. The van der Waals surface area contributed by atoms with Gasteiger partial charge < -0.3 is 9.64 Å². The third-order valence-corrected chi connectivity index (χ3v) is 4.89. The van der Waals surface area contributed by atoms with Crippen LogP contribution in [-0.4, -0.2) is 58.8 Å². The topological polar surface area (TPSA) is 70.7 Å². The summed E-state index contributed by atoms with van der Waals surface area (Å²) in [6.45, 7) is 8.51. The Labute approximate surface area is 123 Å². The van der Waals surface area contributed by atoms with Crippen LogP contribution in [0.1, 0.15) is 39.5 Å². The van der Waals surface area contributed by atoms with E-state index in [2.05, 4.69) is 28.2 Å². The van der Waals surface area contributed by atoms with Crippen molar-refractivity contribution in [2.45, 2.75) is 45.6 Å². The lowest BCUT2D eigenvalue weighted by Crippen LogP contribution is -2.42. The first-order valence-corrected chi connectivity index (χ1v) is 9.12. The van der Waals surface area contributed by atoms with E-state index in [4.69, 9.17) is 4.74 Å². The summed E-state index contributed by atoms with van der Waals surface area (Å²) in [6.07, 6.45) is 4.12. The highest BCUT2D eigenvalue weighted by atomic mass is 32.2. The Morgan fingerprint density at radius 3 is 2.40 bits per heavy atom. The normalized spacial score (nSPS) is 17.1. The second-order valence-corrected chi connectivity index (χ2v) is 6.67. The molecule has 0 aromatic carbocycles. The number of nitrogens with zero attached hydrogens (tertiary/aromatic N) is 1. The molecule has 1 fully saturated rings. The van der Waals surface area contributed by atoms with Crippen molar-refractivity contribution in [2.75, 3.05) is 39.4 Å². The molecule has 1 saturated carbocycles. The van der Waals surface area contributed by atoms with Gasteiger partial charge in [0.1, 0.15) is 0 Å². The number of rotatable bonds is 11. The van der Waals surface area contributed by atoms with Crippen LogP contribution in [0.3, 0.4) is 0 Å². The van der Waals surface area contributed by atoms with Crippen LogP contribution in [0, 0.1) is 0 Å². The van der Waals surface area contributed by atoms with E-state index in [0.717, 1.165) is 45.3 Å². The average molecular weight is 307 g/mol. The molecule has 0 bridgehead atoms. The van der Waals surface area contributed by atoms with Crippen LogP contribution in [-0.2, 0) is 14.9 Å². The molecule has 0 aromatic heterocycles. The van der Waals surface area contributed by atoms with Crippen LogP contribution < -0.4 is 9.44 Å². The largest absolute Gasteiger partial charge is 0.379 e. The minimum absolute atomic E-state index is 0.107. The molecule has 0 spiro atoms. The maximum absolute atomic E-state index is 11.7. The van der Waals surface area contributed by atoms with Gasteiger partial charge in [-0.2, -0.15) is 17.9 Å². The van der Waals surface area contributed by atoms with Gasteiger partial charge in [-0.25, -0.2) is 0 Å². The summed E-state index contributed by atoms with van der Waals surface area (Å²) < 4.78 is 34.1. The predicted molar refractivity (Wildman–Crippen MR) is 80.9 cm³/mol. The SMILES string of the molecule is CCN(CC)CCOCCNS(=O)(=O)NC1CCCC1. The molecular formula is C13H29N3O3S. The molecular weight excluding hydrogens is 278 g/mol. The van der Waals surface area contributed by atoms with E-state index in [0.29, 0.717) is 19.8 Å². The Bertz CT molecular complexity index is 339. The fraction of sp³-hybridized carbons (Fsp3) is 1.00. The van der Waals surface area contributed by atoms with Gasteiger partial charge in [0.2, 0.25) is 0 Å². The van der Waals surface area contributed by atoms with E-state index in [-0.39, 0.29) is 6.04 Å². The molecule has 0 aromatic rings. The first-order valence-electron chi connectivity index (χ1n) is 7.64. The molecule has 20 heavy (non-hydrogen) atoms. The molecule has 1 rings (SSSR count). The molecule has 0 radical (unpaired) electrons. The van der Waals surface area contributed by atoms with Crippen LogP contribution in [0.2, 0.25) is 0 Å². The number of nitrogens with one attached hydrogen (secondary N) is 2. The third-order valence-electron chi connectivity index (χ3n) is 3.66. The van der Waals surface area contributed by atoms with Crippen molar-refractivity contribution in [2.24, 2.45) is 0 Å². The minimum atomic E-state index is -3.37. The second-order valence-electron chi connectivity index (χ2n) is 5.14. The summed E-state index contributed by atoms with van der Waals surface area (Å²) in [6, 6.07) is 0.107. The smallest absolute Gasteiger partial charge is 0.277 e. The standard InChI is InChI=1S/C13H29N3O3S/c1-3-16(4-2)10-12-19-11-9-14-20(17,18)15-13-7-5-6-8-13/h13-15H,3-12H2,1-2H3. The van der Waals surface area contributed by atoms with Gasteiger partial charge in [0.15, 0.2) is 0 Å².